The molecule has 1 saturated carbocycles. The summed E-state index contributed by atoms with van der Waals surface area (Å²) in [6, 6.07) is 8.14. The molecular formula is C20H26BrN5O. The van der Waals surface area contributed by atoms with Gasteiger partial charge < -0.3 is 15.5 Å². The monoisotopic (exact) mass is 431 g/mol. The van der Waals surface area contributed by atoms with Crippen LogP contribution in [0, 0.1) is 6.92 Å². The Morgan fingerprint density at radius 2 is 1.85 bits per heavy atom. The first-order chi connectivity index (χ1) is 12.9. The van der Waals surface area contributed by atoms with E-state index in [-0.39, 0.29) is 11.9 Å². The van der Waals surface area contributed by atoms with Crippen LogP contribution in [0.25, 0.3) is 0 Å². The third kappa shape index (κ3) is 5.19. The van der Waals surface area contributed by atoms with Gasteiger partial charge in [0.05, 0.1) is 0 Å². The molecule has 2 N–H and O–H groups in total. The fourth-order valence-electron chi connectivity index (χ4n) is 3.29. The van der Waals surface area contributed by atoms with Crippen LogP contribution in [0.1, 0.15) is 41.6 Å². The van der Waals surface area contributed by atoms with E-state index in [2.05, 4.69) is 36.5 Å². The number of hydrogen-bond acceptors (Lipinski definition) is 5. The third-order valence-electron chi connectivity index (χ3n) is 4.91. The molecule has 1 aliphatic rings. The first-order valence-corrected chi connectivity index (χ1v) is 10.1. The minimum absolute atomic E-state index is 0.00373. The van der Waals surface area contributed by atoms with E-state index in [0.717, 1.165) is 41.5 Å². The lowest BCUT2D eigenvalue weighted by Crippen LogP contribution is -2.40. The lowest BCUT2D eigenvalue weighted by molar-refractivity contribution is 0.0926. The molecule has 6 nitrogen and oxygen atoms in total. The predicted molar refractivity (Wildman–Crippen MR) is 112 cm³/mol. The molecule has 0 bridgehead atoms. The number of anilines is 2. The predicted octanol–water partition coefficient (Wildman–Crippen LogP) is 3.77. The van der Waals surface area contributed by atoms with Crippen LogP contribution >= 0.6 is 15.9 Å². The summed E-state index contributed by atoms with van der Waals surface area (Å²) in [6.45, 7) is 1.99. The first-order valence-electron chi connectivity index (χ1n) is 9.26. The van der Waals surface area contributed by atoms with Crippen molar-refractivity contribution in [1.82, 2.24) is 15.3 Å². The zero-order chi connectivity index (χ0) is 19.4. The van der Waals surface area contributed by atoms with Crippen molar-refractivity contribution in [2.24, 2.45) is 0 Å². The van der Waals surface area contributed by atoms with Gasteiger partial charge in [0.1, 0.15) is 5.82 Å². The summed E-state index contributed by atoms with van der Waals surface area (Å²) in [4.78, 5) is 23.3. The number of nitrogens with one attached hydrogen (secondary N) is 2. The van der Waals surface area contributed by atoms with Gasteiger partial charge in [0, 0.05) is 42.4 Å². The fraction of sp³-hybridized carbons (Fsp3) is 0.450. The van der Waals surface area contributed by atoms with Crippen molar-refractivity contribution in [1.29, 1.82) is 0 Å². The lowest BCUT2D eigenvalue weighted by Gasteiger charge is -2.29. The number of nitrogens with zero attached hydrogens (tertiary/aromatic N) is 3. The summed E-state index contributed by atoms with van der Waals surface area (Å²) < 4.78 is 1.02. The van der Waals surface area contributed by atoms with E-state index in [1.165, 1.54) is 0 Å². The van der Waals surface area contributed by atoms with Gasteiger partial charge in [0.25, 0.3) is 5.91 Å². The number of amides is 1. The van der Waals surface area contributed by atoms with Crippen LogP contribution in [0.3, 0.4) is 0 Å². The number of aromatic nitrogens is 2. The summed E-state index contributed by atoms with van der Waals surface area (Å²) in [5.74, 6) is 1.56. The maximum Gasteiger partial charge on any atom is 0.251 e. The molecule has 1 heterocycles. The second-order valence-electron chi connectivity index (χ2n) is 7.26. The van der Waals surface area contributed by atoms with E-state index in [4.69, 9.17) is 0 Å². The van der Waals surface area contributed by atoms with E-state index in [0.29, 0.717) is 17.6 Å². The van der Waals surface area contributed by atoms with Gasteiger partial charge >= 0.3 is 0 Å². The van der Waals surface area contributed by atoms with Gasteiger partial charge in [-0.2, -0.15) is 4.98 Å². The SMILES string of the molecule is Cc1cc(C(=O)N[C@H]2CC[C@@H](Nc3nccc(N(C)C)n3)CC2)ccc1Br. The number of rotatable bonds is 5. The highest BCUT2D eigenvalue weighted by atomic mass is 79.9. The second-order valence-corrected chi connectivity index (χ2v) is 8.12. The number of carbonyl (C=O) groups excluding carboxylic acids is 1. The van der Waals surface area contributed by atoms with Crippen molar-refractivity contribution in [3.63, 3.8) is 0 Å². The summed E-state index contributed by atoms with van der Waals surface area (Å²) >= 11 is 3.47. The molecule has 144 valence electrons. The Bertz CT molecular complexity index is 803. The van der Waals surface area contributed by atoms with Crippen LogP contribution in [-0.4, -0.2) is 42.1 Å². The summed E-state index contributed by atoms with van der Waals surface area (Å²) in [6.07, 6.45) is 5.65. The van der Waals surface area contributed by atoms with Crippen LogP contribution in [0.4, 0.5) is 11.8 Å². The standard InChI is InChI=1S/C20H26BrN5O/c1-13-12-14(4-9-17(13)21)19(27)23-15-5-7-16(8-6-15)24-20-22-11-10-18(25-20)26(2)3/h4,9-12,15-16H,5-8H2,1-3H3,(H,23,27)(H,22,24,25)/t15-,16+. The minimum atomic E-state index is 0.00373. The van der Waals surface area contributed by atoms with Crippen molar-refractivity contribution in [3.8, 4) is 0 Å². The molecule has 1 fully saturated rings. The van der Waals surface area contributed by atoms with Crippen molar-refractivity contribution < 1.29 is 4.79 Å². The topological polar surface area (TPSA) is 70.2 Å². The van der Waals surface area contributed by atoms with Crippen LogP contribution < -0.4 is 15.5 Å². The quantitative estimate of drug-likeness (QED) is 0.753. The highest BCUT2D eigenvalue weighted by Crippen LogP contribution is 2.23. The van der Waals surface area contributed by atoms with Gasteiger partial charge in [-0.3, -0.25) is 4.79 Å². The van der Waals surface area contributed by atoms with Crippen LogP contribution in [0.15, 0.2) is 34.9 Å². The molecule has 0 unspecified atom stereocenters. The molecule has 0 spiro atoms. The second kappa shape index (κ2) is 8.69. The van der Waals surface area contributed by atoms with Crippen molar-refractivity contribution in [2.75, 3.05) is 24.3 Å². The highest BCUT2D eigenvalue weighted by Gasteiger charge is 2.23. The Labute approximate surface area is 168 Å². The molecule has 3 rings (SSSR count). The molecule has 7 heteroatoms. The molecule has 1 aromatic carbocycles. The van der Waals surface area contributed by atoms with Gasteiger partial charge in [0.2, 0.25) is 5.95 Å². The summed E-state index contributed by atoms with van der Waals surface area (Å²) in [5, 5.41) is 6.60. The van der Waals surface area contributed by atoms with Crippen LogP contribution in [-0.2, 0) is 0 Å². The Balaban J connectivity index is 1.50. The maximum absolute atomic E-state index is 12.5. The zero-order valence-electron chi connectivity index (χ0n) is 16.0. The largest absolute Gasteiger partial charge is 0.363 e. The van der Waals surface area contributed by atoms with E-state index in [9.17, 15) is 4.79 Å². The number of aryl methyl sites for hydroxylation is 1. The molecule has 0 saturated heterocycles. The number of halogens is 1. The number of carbonyl (C=O) groups is 1. The number of benzene rings is 1. The third-order valence-corrected chi connectivity index (χ3v) is 5.80. The Hall–Kier alpha value is -2.15. The molecule has 2 aromatic rings. The molecule has 0 aliphatic heterocycles. The molecule has 1 aliphatic carbocycles. The van der Waals surface area contributed by atoms with Gasteiger partial charge in [-0.05, 0) is 62.4 Å². The van der Waals surface area contributed by atoms with Crippen LogP contribution in [0.2, 0.25) is 0 Å². The lowest BCUT2D eigenvalue weighted by atomic mass is 9.91. The zero-order valence-corrected chi connectivity index (χ0v) is 17.6. The first kappa shape index (κ1) is 19.6. The molecule has 0 radical (unpaired) electrons. The summed E-state index contributed by atoms with van der Waals surface area (Å²) in [5.41, 5.74) is 1.78. The fourth-order valence-corrected chi connectivity index (χ4v) is 3.53. The Morgan fingerprint density at radius 3 is 2.52 bits per heavy atom. The molecule has 1 aromatic heterocycles. The molecular weight excluding hydrogens is 406 g/mol. The van der Waals surface area contributed by atoms with Crippen molar-refractivity contribution >= 4 is 33.6 Å². The molecule has 27 heavy (non-hydrogen) atoms. The average Bonchev–Trinajstić information content (AvgIpc) is 2.65. The summed E-state index contributed by atoms with van der Waals surface area (Å²) in [7, 11) is 3.93. The average molecular weight is 432 g/mol. The Kier molecular flexibility index (Phi) is 6.31. The van der Waals surface area contributed by atoms with Gasteiger partial charge in [0.15, 0.2) is 0 Å². The number of hydrogen-bond donors (Lipinski definition) is 2. The Morgan fingerprint density at radius 1 is 1.15 bits per heavy atom. The van der Waals surface area contributed by atoms with Gasteiger partial charge in [-0.1, -0.05) is 15.9 Å². The molecule has 1 amide bonds. The van der Waals surface area contributed by atoms with Crippen molar-refractivity contribution in [3.05, 3.63) is 46.1 Å². The van der Waals surface area contributed by atoms with Crippen LogP contribution in [0.5, 0.6) is 0 Å². The van der Waals surface area contributed by atoms with E-state index >= 15 is 0 Å². The van der Waals surface area contributed by atoms with Crippen molar-refractivity contribution in [2.45, 2.75) is 44.7 Å². The smallest absolute Gasteiger partial charge is 0.251 e. The van der Waals surface area contributed by atoms with E-state index < -0.39 is 0 Å². The minimum Gasteiger partial charge on any atom is -0.363 e. The van der Waals surface area contributed by atoms with E-state index in [1.54, 1.807) is 6.20 Å². The van der Waals surface area contributed by atoms with Gasteiger partial charge in [-0.15, -0.1) is 0 Å². The maximum atomic E-state index is 12.5. The normalized spacial score (nSPS) is 19.4. The van der Waals surface area contributed by atoms with Gasteiger partial charge in [-0.25, -0.2) is 4.98 Å². The van der Waals surface area contributed by atoms with E-state index in [1.807, 2.05) is 50.2 Å². The highest BCUT2D eigenvalue weighted by molar-refractivity contribution is 9.10. The molecule has 0 atom stereocenters.